The maximum absolute atomic E-state index is 11.7. The first-order valence-corrected chi connectivity index (χ1v) is 22.9. The van der Waals surface area contributed by atoms with Crippen molar-refractivity contribution in [3.63, 3.8) is 0 Å². The summed E-state index contributed by atoms with van der Waals surface area (Å²) in [5, 5.41) is 0. The second-order valence-electron chi connectivity index (χ2n) is 9.49. The number of hydrogen-bond donors (Lipinski definition) is 0. The van der Waals surface area contributed by atoms with E-state index < -0.39 is 158 Å². The van der Waals surface area contributed by atoms with E-state index in [-0.39, 0.29) is 236 Å². The summed E-state index contributed by atoms with van der Waals surface area (Å²) in [6.07, 6.45) is -27.5. The van der Waals surface area contributed by atoms with Crippen molar-refractivity contribution >= 4 is 83.2 Å². The topological polar surface area (TPSA) is 559 Å². The summed E-state index contributed by atoms with van der Waals surface area (Å²) in [5.74, 6) is -4.31. The molecule has 328 valence electrons. The second kappa shape index (κ2) is 32.4. The van der Waals surface area contributed by atoms with Crippen molar-refractivity contribution in [1.82, 2.24) is 0 Å². The summed E-state index contributed by atoms with van der Waals surface area (Å²) in [7, 11) is -50.8. The number of ether oxygens (including phenoxy) is 3. The van der Waals surface area contributed by atoms with Crippen LogP contribution in [0.25, 0.3) is 0 Å². The zero-order valence-electron chi connectivity index (χ0n) is 32.8. The summed E-state index contributed by atoms with van der Waals surface area (Å²) in [6.45, 7) is -6.74. The van der Waals surface area contributed by atoms with Gasteiger partial charge in [0.25, 0.3) is 0 Å². The third-order valence-corrected chi connectivity index (χ3v) is 9.18. The molecule has 0 aromatic rings. The Bertz CT molecular complexity index is 2310. The SMILES string of the molecule is O=S(=O)([O-])OC[C@H]1O[C@@](COS(=O)(=O)[O-])(O[C@H]2O[C@H](COS(=O)(=O)[O-])[C@@H](OS(=O)(=O)[O-])[C@H](OS(=O)(=O)[O-])[C@H]2OS(=O)(=O)[O-])[C@@H](OS(=O)(=O)[O-])[C@@H]1OS(=O)(=O)[O-].[Na+].[Na+].[Na+].[Na+].[Na+].[Na+].[Na+].[Na+]. The second-order valence-corrected chi connectivity index (χ2v) is 17.7. The van der Waals surface area contributed by atoms with Crippen LogP contribution in [-0.4, -0.2) is 178 Å². The molecule has 35 nitrogen and oxygen atoms in total. The van der Waals surface area contributed by atoms with Crippen LogP contribution in [-0.2, 0) is 131 Å². The minimum Gasteiger partial charge on any atom is -0.726 e. The molecule has 0 aromatic heterocycles. The van der Waals surface area contributed by atoms with E-state index in [1.165, 1.54) is 0 Å². The fourth-order valence-electron chi connectivity index (χ4n) is 4.21. The van der Waals surface area contributed by atoms with Gasteiger partial charge in [0.05, 0.1) is 13.2 Å². The molecule has 2 aliphatic heterocycles. The molecule has 0 unspecified atom stereocenters. The van der Waals surface area contributed by atoms with Gasteiger partial charge in [-0.1, -0.05) is 0 Å². The Morgan fingerprint density at radius 3 is 1.05 bits per heavy atom. The van der Waals surface area contributed by atoms with Gasteiger partial charge in [0.1, 0.15) is 37.1 Å². The van der Waals surface area contributed by atoms with Crippen LogP contribution < -0.4 is 236 Å². The van der Waals surface area contributed by atoms with Gasteiger partial charge in [-0.05, 0) is 0 Å². The van der Waals surface area contributed by atoms with Crippen molar-refractivity contribution in [2.24, 2.45) is 0 Å². The Morgan fingerprint density at radius 1 is 0.381 bits per heavy atom. The molecule has 0 N–H and O–H groups in total. The van der Waals surface area contributed by atoms with Gasteiger partial charge in [0.15, 0.2) is 18.5 Å². The van der Waals surface area contributed by atoms with E-state index in [9.17, 15) is 104 Å². The minimum absolute atomic E-state index is 0. The molecule has 0 radical (unpaired) electrons. The Morgan fingerprint density at radius 2 is 0.698 bits per heavy atom. The zero-order valence-corrected chi connectivity index (χ0v) is 55.3. The maximum Gasteiger partial charge on any atom is 1.00 e. The molecule has 2 aliphatic rings. The largest absolute Gasteiger partial charge is 1.00 e. The molecule has 2 saturated heterocycles. The van der Waals surface area contributed by atoms with Crippen LogP contribution in [0.4, 0.5) is 0 Å². The predicted molar refractivity (Wildman–Crippen MR) is 137 cm³/mol. The van der Waals surface area contributed by atoms with Crippen LogP contribution in [0.2, 0.25) is 0 Å². The van der Waals surface area contributed by atoms with Crippen molar-refractivity contribution in [2.75, 3.05) is 19.8 Å². The van der Waals surface area contributed by atoms with Crippen LogP contribution in [0.5, 0.6) is 0 Å². The molecule has 0 saturated carbocycles. The molecule has 2 rings (SSSR count). The Hall–Kier alpha value is 6.84. The van der Waals surface area contributed by atoms with Crippen LogP contribution in [0.3, 0.4) is 0 Å². The van der Waals surface area contributed by atoms with Gasteiger partial charge in [-0.25, -0.2) is 67.3 Å². The first kappa shape index (κ1) is 83.8. The normalized spacial score (nSPS) is 26.8. The molecule has 0 bridgehead atoms. The summed E-state index contributed by atoms with van der Waals surface area (Å²) < 4.78 is 320. The Labute approximate surface area is 535 Å². The van der Waals surface area contributed by atoms with E-state index in [0.29, 0.717) is 0 Å². The van der Waals surface area contributed by atoms with Gasteiger partial charge in [-0.2, -0.15) is 0 Å². The van der Waals surface area contributed by atoms with Crippen molar-refractivity contribution in [3.8, 4) is 0 Å². The Balaban J connectivity index is -0.000000784. The van der Waals surface area contributed by atoms with Crippen LogP contribution >= 0.6 is 0 Å². The predicted octanol–water partition coefficient (Wildman–Crippen LogP) is -33.5. The van der Waals surface area contributed by atoms with Crippen molar-refractivity contribution in [3.05, 3.63) is 0 Å². The maximum atomic E-state index is 11.7. The molecule has 51 heteroatoms. The van der Waals surface area contributed by atoms with Crippen molar-refractivity contribution < 1.29 is 388 Å². The van der Waals surface area contributed by atoms with E-state index in [2.05, 4.69) is 33.5 Å². The molecular formula is C12H14Na8O35S8. The monoisotopic (exact) mass is 1160 g/mol. The summed E-state index contributed by atoms with van der Waals surface area (Å²) in [5.41, 5.74) is 0. The average molecular weight is 1160 g/mol. The molecule has 63 heavy (non-hydrogen) atoms. The minimum atomic E-state index is -6.58. The van der Waals surface area contributed by atoms with Crippen LogP contribution in [0, 0.1) is 0 Å². The zero-order chi connectivity index (χ0) is 43.0. The molecular weight excluding hydrogens is 1140 g/mol. The molecule has 0 spiro atoms. The number of rotatable bonds is 21. The van der Waals surface area contributed by atoms with Gasteiger partial charge >= 0.3 is 236 Å². The van der Waals surface area contributed by atoms with Gasteiger partial charge < -0.3 is 50.6 Å². The first-order chi connectivity index (χ1) is 24.2. The fraction of sp³-hybridized carbons (Fsp3) is 1.00. The number of hydrogen-bond acceptors (Lipinski definition) is 35. The Kier molecular flexibility index (Phi) is 43.1. The fourth-order valence-corrected chi connectivity index (χ4v) is 7.60. The van der Waals surface area contributed by atoms with Crippen LogP contribution in [0.15, 0.2) is 0 Å². The van der Waals surface area contributed by atoms with E-state index in [4.69, 9.17) is 14.2 Å². The van der Waals surface area contributed by atoms with Gasteiger partial charge in [0.2, 0.25) is 89.0 Å². The summed E-state index contributed by atoms with van der Waals surface area (Å²) >= 11 is 0. The summed E-state index contributed by atoms with van der Waals surface area (Å²) in [6, 6.07) is 0. The average Bonchev–Trinajstić information content (AvgIpc) is 3.15. The van der Waals surface area contributed by atoms with Crippen LogP contribution in [0.1, 0.15) is 0 Å². The van der Waals surface area contributed by atoms with Gasteiger partial charge in [0, 0.05) is 0 Å². The molecule has 2 heterocycles. The van der Waals surface area contributed by atoms with Gasteiger partial charge in [-0.3, -0.25) is 33.5 Å². The quantitative estimate of drug-likeness (QED) is 0.0585. The van der Waals surface area contributed by atoms with E-state index in [1.807, 2.05) is 0 Å². The third kappa shape index (κ3) is 34.2. The standard InChI is InChI=1S/C12H22O35S8.8Na/c13-48(14,15)37-1-4-6(43-51(22,23)24)8(45-53(28,29)30)9(46-54(31,32)33)11(40-4)42-12(3-39-50(19,20)21)10(47-55(34,35)36)7(44-52(25,26)27)5(41-12)2-38-49(16,17)18;;;;;;;;/h4-11H,1-3H2,(H,13,14,15)(H,16,17,18)(H,19,20,21)(H,22,23,24)(H,25,26,27)(H,28,29,30)(H,31,32,33)(H,34,35,36);;;;;;;;/q;8*+1/p-8/t4-,5-,6-,7-,8+,9-,10+,11-,12+;;;;;;;;/m1......../s1. The van der Waals surface area contributed by atoms with Gasteiger partial charge in [-0.15, -0.1) is 0 Å². The molecule has 0 aliphatic carbocycles. The smallest absolute Gasteiger partial charge is 0.726 e. The molecule has 0 amide bonds. The molecule has 0 aromatic carbocycles. The molecule has 9 atom stereocenters. The van der Waals surface area contributed by atoms with E-state index in [1.54, 1.807) is 0 Å². The summed E-state index contributed by atoms with van der Waals surface area (Å²) in [4.78, 5) is 0. The third-order valence-electron chi connectivity index (χ3n) is 5.65. The van der Waals surface area contributed by atoms with E-state index in [0.717, 1.165) is 0 Å². The van der Waals surface area contributed by atoms with E-state index >= 15 is 0 Å². The molecule has 2 fully saturated rings. The van der Waals surface area contributed by atoms with Crippen molar-refractivity contribution in [2.45, 2.75) is 54.8 Å². The van der Waals surface area contributed by atoms with Crippen molar-refractivity contribution in [1.29, 1.82) is 0 Å². The first-order valence-electron chi connectivity index (χ1n) is 12.2.